The van der Waals surface area contributed by atoms with Gasteiger partial charge in [0.15, 0.2) is 0 Å². The standard InChI is InChI=1S/C22H33NO/c1-3-5-7-8-9-10-11-12-14-20(18-22(24)16-6-4-2)21-15-13-17-23-19-21/h3,8-9,13,15,17,19-20H,1,4-7,10-12,14,16,18H2,2H3. The van der Waals surface area contributed by atoms with Crippen LogP contribution < -0.4 is 0 Å². The van der Waals surface area contributed by atoms with Crippen LogP contribution in [0.1, 0.15) is 82.6 Å². The average Bonchev–Trinajstić information content (AvgIpc) is 2.62. The Hall–Kier alpha value is -1.70. The second-order valence-electron chi connectivity index (χ2n) is 6.45. The highest BCUT2D eigenvalue weighted by Gasteiger charge is 2.15. The van der Waals surface area contributed by atoms with Gasteiger partial charge in [-0.25, -0.2) is 0 Å². The van der Waals surface area contributed by atoms with E-state index in [0.29, 0.717) is 18.1 Å². The minimum Gasteiger partial charge on any atom is -0.300 e. The molecule has 0 saturated carbocycles. The van der Waals surface area contributed by atoms with Gasteiger partial charge in [0.1, 0.15) is 5.78 Å². The van der Waals surface area contributed by atoms with Crippen LogP contribution in [0, 0.1) is 0 Å². The van der Waals surface area contributed by atoms with E-state index < -0.39 is 0 Å². The first-order valence-corrected chi connectivity index (χ1v) is 9.45. The Morgan fingerprint density at radius 3 is 2.75 bits per heavy atom. The molecule has 1 aromatic rings. The number of hydrogen-bond acceptors (Lipinski definition) is 2. The average molecular weight is 328 g/mol. The molecule has 0 amide bonds. The van der Waals surface area contributed by atoms with Crippen LogP contribution in [-0.2, 0) is 4.79 Å². The molecule has 0 saturated heterocycles. The van der Waals surface area contributed by atoms with E-state index in [1.54, 1.807) is 6.20 Å². The van der Waals surface area contributed by atoms with Crippen LogP contribution in [0.3, 0.4) is 0 Å². The van der Waals surface area contributed by atoms with Crippen LogP contribution in [0.2, 0.25) is 0 Å². The first-order chi connectivity index (χ1) is 11.8. The lowest BCUT2D eigenvalue weighted by atomic mass is 9.88. The fraction of sp³-hybridized carbons (Fsp3) is 0.545. The smallest absolute Gasteiger partial charge is 0.133 e. The van der Waals surface area contributed by atoms with Crippen molar-refractivity contribution in [3.05, 3.63) is 54.9 Å². The van der Waals surface area contributed by atoms with E-state index in [2.05, 4.69) is 36.7 Å². The Morgan fingerprint density at radius 1 is 1.21 bits per heavy atom. The summed E-state index contributed by atoms with van der Waals surface area (Å²) in [5, 5.41) is 0. The van der Waals surface area contributed by atoms with E-state index in [1.165, 1.54) is 12.0 Å². The molecule has 1 unspecified atom stereocenters. The SMILES string of the molecule is C=CCCC=CCCCCC(CC(=O)CCCC)c1cccnc1. The minimum atomic E-state index is 0.327. The Bertz CT molecular complexity index is 478. The summed E-state index contributed by atoms with van der Waals surface area (Å²) in [6, 6.07) is 4.08. The summed E-state index contributed by atoms with van der Waals surface area (Å²) >= 11 is 0. The second-order valence-corrected chi connectivity index (χ2v) is 6.45. The number of pyridine rings is 1. The van der Waals surface area contributed by atoms with Crippen molar-refractivity contribution in [3.8, 4) is 0 Å². The predicted octanol–water partition coefficient (Wildman–Crippen LogP) is 6.40. The third kappa shape index (κ3) is 9.44. The summed E-state index contributed by atoms with van der Waals surface area (Å²) in [5.41, 5.74) is 1.21. The fourth-order valence-electron chi connectivity index (χ4n) is 2.86. The van der Waals surface area contributed by atoms with Crippen LogP contribution in [0.4, 0.5) is 0 Å². The molecule has 1 heterocycles. The summed E-state index contributed by atoms with van der Waals surface area (Å²) in [7, 11) is 0. The van der Waals surface area contributed by atoms with E-state index in [4.69, 9.17) is 0 Å². The quantitative estimate of drug-likeness (QED) is 0.292. The van der Waals surface area contributed by atoms with Crippen molar-refractivity contribution in [2.24, 2.45) is 0 Å². The molecule has 0 aromatic carbocycles. The molecule has 1 rings (SSSR count). The Balaban J connectivity index is 2.40. The van der Waals surface area contributed by atoms with Gasteiger partial charge in [0, 0.05) is 25.2 Å². The molecule has 2 heteroatoms. The molecule has 2 nitrogen and oxygen atoms in total. The molecule has 132 valence electrons. The van der Waals surface area contributed by atoms with Crippen LogP contribution in [-0.4, -0.2) is 10.8 Å². The minimum absolute atomic E-state index is 0.327. The first-order valence-electron chi connectivity index (χ1n) is 9.45. The fourth-order valence-corrected chi connectivity index (χ4v) is 2.86. The number of aromatic nitrogens is 1. The number of nitrogens with zero attached hydrogens (tertiary/aromatic N) is 1. The summed E-state index contributed by atoms with van der Waals surface area (Å²) in [6.07, 6.45) is 20.4. The molecule has 0 aliphatic rings. The summed E-state index contributed by atoms with van der Waals surface area (Å²) in [6.45, 7) is 5.87. The summed E-state index contributed by atoms with van der Waals surface area (Å²) in [5.74, 6) is 0.725. The Morgan fingerprint density at radius 2 is 2.04 bits per heavy atom. The van der Waals surface area contributed by atoms with Gasteiger partial charge in [0.05, 0.1) is 0 Å². The molecule has 1 atom stereocenters. The maximum absolute atomic E-state index is 12.2. The van der Waals surface area contributed by atoms with Crippen molar-refractivity contribution < 1.29 is 4.79 Å². The maximum atomic E-state index is 12.2. The van der Waals surface area contributed by atoms with Crippen LogP contribution in [0.5, 0.6) is 0 Å². The van der Waals surface area contributed by atoms with Crippen molar-refractivity contribution >= 4 is 5.78 Å². The number of unbranched alkanes of at least 4 members (excludes halogenated alkanes) is 4. The van der Waals surface area contributed by atoms with Crippen LogP contribution >= 0.6 is 0 Å². The first kappa shape index (κ1) is 20.3. The molecular weight excluding hydrogens is 294 g/mol. The molecule has 24 heavy (non-hydrogen) atoms. The summed E-state index contributed by atoms with van der Waals surface area (Å²) in [4.78, 5) is 16.4. The zero-order chi connectivity index (χ0) is 17.5. The number of carbonyl (C=O) groups excluding carboxylic acids is 1. The molecule has 0 aliphatic carbocycles. The maximum Gasteiger partial charge on any atom is 0.133 e. The second kappa shape index (κ2) is 13.7. The van der Waals surface area contributed by atoms with E-state index in [1.807, 2.05) is 18.3 Å². The van der Waals surface area contributed by atoms with E-state index in [0.717, 1.165) is 51.4 Å². The number of rotatable bonds is 14. The van der Waals surface area contributed by atoms with Gasteiger partial charge in [-0.3, -0.25) is 9.78 Å². The lowest BCUT2D eigenvalue weighted by molar-refractivity contribution is -0.119. The zero-order valence-corrected chi connectivity index (χ0v) is 15.3. The van der Waals surface area contributed by atoms with E-state index in [9.17, 15) is 4.79 Å². The van der Waals surface area contributed by atoms with E-state index >= 15 is 0 Å². The lowest BCUT2D eigenvalue weighted by Gasteiger charge is -2.16. The topological polar surface area (TPSA) is 30.0 Å². The molecule has 1 aromatic heterocycles. The molecular formula is C22H33NO. The molecule has 0 N–H and O–H groups in total. The zero-order valence-electron chi connectivity index (χ0n) is 15.3. The molecule has 0 fully saturated rings. The van der Waals surface area contributed by atoms with Crippen molar-refractivity contribution in [2.75, 3.05) is 0 Å². The van der Waals surface area contributed by atoms with Crippen LogP contribution in [0.25, 0.3) is 0 Å². The highest BCUT2D eigenvalue weighted by atomic mass is 16.1. The van der Waals surface area contributed by atoms with Crippen molar-refractivity contribution in [2.45, 2.75) is 77.0 Å². The van der Waals surface area contributed by atoms with Crippen molar-refractivity contribution in [3.63, 3.8) is 0 Å². The van der Waals surface area contributed by atoms with Gasteiger partial charge in [-0.2, -0.15) is 0 Å². The van der Waals surface area contributed by atoms with Gasteiger partial charge < -0.3 is 0 Å². The molecule has 0 aliphatic heterocycles. The molecule has 0 spiro atoms. The summed E-state index contributed by atoms with van der Waals surface area (Å²) < 4.78 is 0. The number of Topliss-reactive ketones (excluding diaryl/α,β-unsaturated/α-hetero) is 1. The van der Waals surface area contributed by atoms with Gasteiger partial charge >= 0.3 is 0 Å². The highest BCUT2D eigenvalue weighted by molar-refractivity contribution is 5.79. The molecule has 0 bridgehead atoms. The van der Waals surface area contributed by atoms with Gasteiger partial charge in [-0.15, -0.1) is 6.58 Å². The van der Waals surface area contributed by atoms with Gasteiger partial charge in [-0.05, 0) is 56.1 Å². The lowest BCUT2D eigenvalue weighted by Crippen LogP contribution is -2.08. The number of ketones is 1. The van der Waals surface area contributed by atoms with E-state index in [-0.39, 0.29) is 0 Å². The van der Waals surface area contributed by atoms with Gasteiger partial charge in [0.2, 0.25) is 0 Å². The molecule has 0 radical (unpaired) electrons. The van der Waals surface area contributed by atoms with Crippen molar-refractivity contribution in [1.82, 2.24) is 4.98 Å². The van der Waals surface area contributed by atoms with Gasteiger partial charge in [0.25, 0.3) is 0 Å². The van der Waals surface area contributed by atoms with Crippen LogP contribution in [0.15, 0.2) is 49.3 Å². The third-order valence-electron chi connectivity index (χ3n) is 4.32. The van der Waals surface area contributed by atoms with Gasteiger partial charge in [-0.1, -0.05) is 44.1 Å². The normalized spacial score (nSPS) is 12.4. The number of allylic oxidation sites excluding steroid dienone is 3. The third-order valence-corrected chi connectivity index (χ3v) is 4.32. The number of carbonyl (C=O) groups is 1. The Kier molecular flexibility index (Phi) is 11.6. The highest BCUT2D eigenvalue weighted by Crippen LogP contribution is 2.26. The number of hydrogen-bond donors (Lipinski definition) is 0. The largest absolute Gasteiger partial charge is 0.300 e. The van der Waals surface area contributed by atoms with Crippen molar-refractivity contribution in [1.29, 1.82) is 0 Å². The predicted molar refractivity (Wildman–Crippen MR) is 103 cm³/mol. The Labute approximate surface area is 148 Å². The monoisotopic (exact) mass is 327 g/mol.